The van der Waals surface area contributed by atoms with Gasteiger partial charge < -0.3 is 5.32 Å². The van der Waals surface area contributed by atoms with Gasteiger partial charge in [-0.05, 0) is 18.6 Å². The van der Waals surface area contributed by atoms with Crippen LogP contribution in [-0.2, 0) is 17.8 Å². The first-order valence-corrected chi connectivity index (χ1v) is 7.64. The molecule has 0 saturated carbocycles. The minimum atomic E-state index is -0.608. The van der Waals surface area contributed by atoms with Crippen molar-refractivity contribution in [2.45, 2.75) is 38.8 Å². The van der Waals surface area contributed by atoms with E-state index in [0.717, 1.165) is 12.8 Å². The van der Waals surface area contributed by atoms with E-state index in [-0.39, 0.29) is 5.91 Å². The number of amides is 3. The van der Waals surface area contributed by atoms with Gasteiger partial charge in [0, 0.05) is 19.2 Å². The molecule has 0 aliphatic carbocycles. The number of aromatic nitrogens is 4. The maximum atomic E-state index is 11.7. The highest BCUT2D eigenvalue weighted by Crippen LogP contribution is 2.15. The molecule has 1 aliphatic heterocycles. The average Bonchev–Trinajstić information content (AvgIpc) is 3.10. The van der Waals surface area contributed by atoms with Gasteiger partial charge in [-0.15, -0.1) is 5.10 Å². The van der Waals surface area contributed by atoms with Gasteiger partial charge in [-0.25, -0.2) is 14.5 Å². The lowest BCUT2D eigenvalue weighted by Gasteiger charge is -2.08. The lowest BCUT2D eigenvalue weighted by atomic mass is 10.2. The van der Waals surface area contributed by atoms with E-state index in [1.807, 2.05) is 18.2 Å². The Labute approximate surface area is 133 Å². The van der Waals surface area contributed by atoms with Crippen LogP contribution in [0.4, 0.5) is 4.79 Å². The van der Waals surface area contributed by atoms with Gasteiger partial charge >= 0.3 is 6.03 Å². The van der Waals surface area contributed by atoms with Crippen molar-refractivity contribution in [3.8, 4) is 11.5 Å². The van der Waals surface area contributed by atoms with Gasteiger partial charge in [-0.2, -0.15) is 0 Å². The molecule has 2 aromatic rings. The van der Waals surface area contributed by atoms with E-state index in [0.29, 0.717) is 30.3 Å². The molecule has 3 amide bonds. The molecule has 2 N–H and O–H groups in total. The van der Waals surface area contributed by atoms with Crippen LogP contribution in [-0.4, -0.2) is 37.7 Å². The molecule has 0 spiro atoms. The molecule has 0 radical (unpaired) electrons. The summed E-state index contributed by atoms with van der Waals surface area (Å²) in [6.45, 7) is 2.81. The summed E-state index contributed by atoms with van der Waals surface area (Å²) < 4.78 is 1.80. The van der Waals surface area contributed by atoms with E-state index in [9.17, 15) is 9.59 Å². The van der Waals surface area contributed by atoms with Crippen LogP contribution in [0.3, 0.4) is 0 Å². The molecular formula is C15H18N6O2. The Morgan fingerprint density at radius 1 is 1.30 bits per heavy atom. The molecule has 2 aromatic heterocycles. The summed E-state index contributed by atoms with van der Waals surface area (Å²) in [7, 11) is 0. The molecule has 1 aliphatic rings. The summed E-state index contributed by atoms with van der Waals surface area (Å²) in [6, 6.07) is 4.47. The van der Waals surface area contributed by atoms with Gasteiger partial charge in [0.15, 0.2) is 5.82 Å². The molecule has 0 bridgehead atoms. The van der Waals surface area contributed by atoms with Crippen molar-refractivity contribution in [1.29, 1.82) is 0 Å². The third-order valence-electron chi connectivity index (χ3n) is 3.61. The Kier molecular flexibility index (Phi) is 4.31. The number of nitrogens with one attached hydrogen (secondary N) is 2. The molecule has 23 heavy (non-hydrogen) atoms. The molecular weight excluding hydrogens is 296 g/mol. The number of hydrogen-bond acceptors (Lipinski definition) is 5. The zero-order chi connectivity index (χ0) is 16.2. The zero-order valence-corrected chi connectivity index (χ0v) is 12.8. The summed E-state index contributed by atoms with van der Waals surface area (Å²) in [5, 5.41) is 9.32. The van der Waals surface area contributed by atoms with Crippen LogP contribution in [0.15, 0.2) is 24.4 Å². The first-order chi connectivity index (χ1) is 11.2. The number of unbranched alkanes of at least 4 members (excludes halogenated alkanes) is 1. The lowest BCUT2D eigenvalue weighted by molar-refractivity contribution is -0.120. The second kappa shape index (κ2) is 6.55. The Morgan fingerprint density at radius 2 is 2.17 bits per heavy atom. The Balaban J connectivity index is 1.86. The fourth-order valence-electron chi connectivity index (χ4n) is 2.40. The molecule has 120 valence electrons. The minimum absolute atomic E-state index is 0.307. The van der Waals surface area contributed by atoms with E-state index in [2.05, 4.69) is 32.6 Å². The third kappa shape index (κ3) is 3.36. The fraction of sp³-hybridized carbons (Fsp3) is 0.400. The van der Waals surface area contributed by atoms with Gasteiger partial charge in [0.1, 0.15) is 17.6 Å². The number of rotatable bonds is 6. The number of nitrogens with zero attached hydrogens (tertiary/aromatic N) is 4. The highest BCUT2D eigenvalue weighted by Gasteiger charge is 2.31. The van der Waals surface area contributed by atoms with Crippen LogP contribution in [0, 0.1) is 0 Å². The van der Waals surface area contributed by atoms with E-state index >= 15 is 0 Å². The number of carbonyl (C=O) groups excluding carboxylic acids is 2. The monoisotopic (exact) mass is 314 g/mol. The second-order valence-corrected chi connectivity index (χ2v) is 5.36. The maximum absolute atomic E-state index is 11.7. The van der Waals surface area contributed by atoms with E-state index < -0.39 is 12.1 Å². The van der Waals surface area contributed by atoms with Gasteiger partial charge in [0.2, 0.25) is 0 Å². The number of imide groups is 1. The number of hydrogen-bond donors (Lipinski definition) is 2. The third-order valence-corrected chi connectivity index (χ3v) is 3.61. The van der Waals surface area contributed by atoms with Crippen LogP contribution < -0.4 is 10.6 Å². The van der Waals surface area contributed by atoms with Crippen LogP contribution >= 0.6 is 0 Å². The first-order valence-electron chi connectivity index (χ1n) is 7.64. The van der Waals surface area contributed by atoms with Crippen molar-refractivity contribution >= 4 is 11.9 Å². The Hall–Kier alpha value is -2.77. The predicted octanol–water partition coefficient (Wildman–Crippen LogP) is 0.891. The molecule has 1 saturated heterocycles. The van der Waals surface area contributed by atoms with Crippen molar-refractivity contribution in [1.82, 2.24) is 30.4 Å². The summed E-state index contributed by atoms with van der Waals surface area (Å²) >= 11 is 0. The molecule has 1 atom stereocenters. The molecule has 3 rings (SSSR count). The van der Waals surface area contributed by atoms with Gasteiger partial charge in [-0.3, -0.25) is 15.1 Å². The predicted molar refractivity (Wildman–Crippen MR) is 82.3 cm³/mol. The zero-order valence-electron chi connectivity index (χ0n) is 12.8. The Morgan fingerprint density at radius 3 is 2.83 bits per heavy atom. The molecule has 8 nitrogen and oxygen atoms in total. The van der Waals surface area contributed by atoms with Crippen molar-refractivity contribution in [3.05, 3.63) is 30.2 Å². The van der Waals surface area contributed by atoms with Gasteiger partial charge in [0.25, 0.3) is 5.91 Å². The van der Waals surface area contributed by atoms with Crippen molar-refractivity contribution < 1.29 is 9.59 Å². The minimum Gasteiger partial charge on any atom is -0.326 e. The topological polar surface area (TPSA) is 102 Å². The fourth-order valence-corrected chi connectivity index (χ4v) is 2.40. The quantitative estimate of drug-likeness (QED) is 0.771. The number of pyridine rings is 1. The average molecular weight is 314 g/mol. The largest absolute Gasteiger partial charge is 0.326 e. The van der Waals surface area contributed by atoms with Crippen molar-refractivity contribution in [2.24, 2.45) is 0 Å². The normalized spacial score (nSPS) is 17.2. The molecule has 3 heterocycles. The second-order valence-electron chi connectivity index (χ2n) is 5.36. The van der Waals surface area contributed by atoms with Crippen LogP contribution in [0.1, 0.15) is 25.6 Å². The highest BCUT2D eigenvalue weighted by atomic mass is 16.2. The van der Waals surface area contributed by atoms with Crippen molar-refractivity contribution in [2.75, 3.05) is 0 Å². The maximum Gasteiger partial charge on any atom is 0.322 e. The summed E-state index contributed by atoms with van der Waals surface area (Å²) in [5.74, 6) is 0.863. The highest BCUT2D eigenvalue weighted by molar-refractivity contribution is 6.04. The summed E-state index contributed by atoms with van der Waals surface area (Å²) in [5.41, 5.74) is 0.684. The molecule has 0 aromatic carbocycles. The standard InChI is InChI=1S/C15H18N6O2/c1-2-3-8-21-12(9-11-14(22)19-15(23)17-11)18-13(20-21)10-6-4-5-7-16-10/h4-7,11H,2-3,8-9H2,1H3,(H2,17,19,22,23)/t11-/m0/s1. The van der Waals surface area contributed by atoms with Gasteiger partial charge in [-0.1, -0.05) is 19.4 Å². The van der Waals surface area contributed by atoms with Crippen LogP contribution in [0.5, 0.6) is 0 Å². The summed E-state index contributed by atoms with van der Waals surface area (Å²) in [4.78, 5) is 31.7. The van der Waals surface area contributed by atoms with Crippen LogP contribution in [0.2, 0.25) is 0 Å². The van der Waals surface area contributed by atoms with E-state index in [1.165, 1.54) is 0 Å². The SMILES string of the molecule is CCCCn1nc(-c2ccccn2)nc1C[C@@H]1NC(=O)NC1=O. The number of urea groups is 1. The van der Waals surface area contributed by atoms with Gasteiger partial charge in [0.05, 0.1) is 0 Å². The lowest BCUT2D eigenvalue weighted by Crippen LogP contribution is -2.32. The van der Waals surface area contributed by atoms with E-state index in [4.69, 9.17) is 0 Å². The summed E-state index contributed by atoms with van der Waals surface area (Å²) in [6.07, 6.45) is 3.98. The molecule has 8 heteroatoms. The molecule has 1 fully saturated rings. The first kappa shape index (κ1) is 15.1. The Bertz CT molecular complexity index is 712. The van der Waals surface area contributed by atoms with Crippen LogP contribution in [0.25, 0.3) is 11.5 Å². The number of carbonyl (C=O) groups is 2. The number of aryl methyl sites for hydroxylation is 1. The molecule has 0 unspecified atom stereocenters. The van der Waals surface area contributed by atoms with Crippen molar-refractivity contribution in [3.63, 3.8) is 0 Å². The van der Waals surface area contributed by atoms with E-state index in [1.54, 1.807) is 10.9 Å². The smallest absolute Gasteiger partial charge is 0.322 e.